The zero-order valence-corrected chi connectivity index (χ0v) is 14.2. The van der Waals surface area contributed by atoms with E-state index in [2.05, 4.69) is 26.0 Å². The zero-order valence-electron chi connectivity index (χ0n) is 14.2. The molecule has 0 saturated heterocycles. The van der Waals surface area contributed by atoms with Crippen molar-refractivity contribution >= 4 is 0 Å². The average molecular weight is 318 g/mol. The van der Waals surface area contributed by atoms with Crippen molar-refractivity contribution in [2.75, 3.05) is 0 Å². The Bertz CT molecular complexity index is 723. The van der Waals surface area contributed by atoms with E-state index in [-0.39, 0.29) is 0 Å². The van der Waals surface area contributed by atoms with Crippen LogP contribution in [0.3, 0.4) is 0 Å². The molecule has 0 radical (unpaired) electrons. The summed E-state index contributed by atoms with van der Waals surface area (Å²) in [4.78, 5) is 0. The van der Waals surface area contributed by atoms with E-state index in [1.165, 1.54) is 11.1 Å². The molecule has 0 atom stereocenters. The lowest BCUT2D eigenvalue weighted by atomic mass is 10.1. The van der Waals surface area contributed by atoms with Gasteiger partial charge in [-0.1, -0.05) is 50.2 Å². The van der Waals surface area contributed by atoms with E-state index in [0.717, 1.165) is 35.8 Å². The second-order valence-corrected chi connectivity index (χ2v) is 5.60. The van der Waals surface area contributed by atoms with Gasteiger partial charge >= 0.3 is 0 Å². The van der Waals surface area contributed by atoms with Crippen molar-refractivity contribution in [3.63, 3.8) is 0 Å². The molecule has 0 aliphatic heterocycles. The summed E-state index contributed by atoms with van der Waals surface area (Å²) in [7, 11) is 0. The summed E-state index contributed by atoms with van der Waals surface area (Å²) in [5, 5.41) is 0. The zero-order chi connectivity index (χ0) is 16.8. The largest absolute Gasteiger partial charge is 0.457 e. The standard InChI is InChI=1S/C22H22O2/c1-3-17-9-5-7-11-21(17)23-19-13-15-20(16-14-19)24-22-12-8-6-10-18(22)4-2/h5-16H,3-4H2,1-2H3. The van der Waals surface area contributed by atoms with Crippen molar-refractivity contribution in [3.8, 4) is 23.0 Å². The number of rotatable bonds is 6. The molecule has 3 aromatic carbocycles. The van der Waals surface area contributed by atoms with Gasteiger partial charge < -0.3 is 9.47 Å². The Balaban J connectivity index is 1.74. The topological polar surface area (TPSA) is 18.5 Å². The van der Waals surface area contributed by atoms with Gasteiger partial charge in [-0.05, 0) is 60.4 Å². The first-order valence-corrected chi connectivity index (χ1v) is 8.41. The van der Waals surface area contributed by atoms with Gasteiger partial charge in [0.1, 0.15) is 23.0 Å². The number of ether oxygens (including phenoxy) is 2. The minimum absolute atomic E-state index is 0.812. The van der Waals surface area contributed by atoms with Crippen molar-refractivity contribution in [2.45, 2.75) is 26.7 Å². The van der Waals surface area contributed by atoms with Crippen molar-refractivity contribution < 1.29 is 9.47 Å². The Morgan fingerprint density at radius 2 is 0.917 bits per heavy atom. The monoisotopic (exact) mass is 318 g/mol. The molecular formula is C22H22O2. The molecule has 0 spiro atoms. The highest BCUT2D eigenvalue weighted by atomic mass is 16.5. The average Bonchev–Trinajstić information content (AvgIpc) is 2.64. The van der Waals surface area contributed by atoms with Crippen LogP contribution >= 0.6 is 0 Å². The SMILES string of the molecule is CCc1ccccc1Oc1ccc(Oc2ccccc2CC)cc1. The molecule has 0 aromatic heterocycles. The predicted molar refractivity (Wildman–Crippen MR) is 98.2 cm³/mol. The maximum atomic E-state index is 5.99. The Morgan fingerprint density at radius 1 is 0.542 bits per heavy atom. The molecule has 3 aromatic rings. The lowest BCUT2D eigenvalue weighted by Gasteiger charge is -2.12. The molecule has 2 nitrogen and oxygen atoms in total. The Labute approximate surface area is 143 Å². The van der Waals surface area contributed by atoms with Crippen LogP contribution in [0.2, 0.25) is 0 Å². The quantitative estimate of drug-likeness (QED) is 0.524. The van der Waals surface area contributed by atoms with Crippen molar-refractivity contribution in [1.29, 1.82) is 0 Å². The number of aryl methyl sites for hydroxylation is 2. The molecule has 24 heavy (non-hydrogen) atoms. The summed E-state index contributed by atoms with van der Waals surface area (Å²) in [5.74, 6) is 3.44. The van der Waals surface area contributed by atoms with Gasteiger partial charge in [0.15, 0.2) is 0 Å². The molecule has 0 amide bonds. The minimum atomic E-state index is 0.812. The molecule has 0 bridgehead atoms. The van der Waals surface area contributed by atoms with Gasteiger partial charge in [-0.3, -0.25) is 0 Å². The number of para-hydroxylation sites is 2. The highest BCUT2D eigenvalue weighted by Crippen LogP contribution is 2.30. The van der Waals surface area contributed by atoms with E-state index in [9.17, 15) is 0 Å². The first kappa shape index (κ1) is 16.1. The van der Waals surface area contributed by atoms with Crippen LogP contribution in [0.4, 0.5) is 0 Å². The Kier molecular flexibility index (Phi) is 5.17. The third-order valence-electron chi connectivity index (χ3n) is 3.99. The predicted octanol–water partition coefficient (Wildman–Crippen LogP) is 6.40. The molecule has 0 fully saturated rings. The fraction of sp³-hybridized carbons (Fsp3) is 0.182. The summed E-state index contributed by atoms with van der Waals surface area (Å²) >= 11 is 0. The fourth-order valence-electron chi connectivity index (χ4n) is 2.62. The molecular weight excluding hydrogens is 296 g/mol. The van der Waals surface area contributed by atoms with Crippen LogP contribution in [0, 0.1) is 0 Å². The normalized spacial score (nSPS) is 10.4. The van der Waals surface area contributed by atoms with Crippen LogP contribution in [-0.2, 0) is 12.8 Å². The minimum Gasteiger partial charge on any atom is -0.457 e. The summed E-state index contributed by atoms with van der Waals surface area (Å²) in [5.41, 5.74) is 2.41. The Hall–Kier alpha value is -2.74. The van der Waals surface area contributed by atoms with Crippen molar-refractivity contribution in [2.24, 2.45) is 0 Å². The number of hydrogen-bond donors (Lipinski definition) is 0. The van der Waals surface area contributed by atoms with Gasteiger partial charge in [0.05, 0.1) is 0 Å². The van der Waals surface area contributed by atoms with Crippen LogP contribution < -0.4 is 9.47 Å². The maximum Gasteiger partial charge on any atom is 0.130 e. The second kappa shape index (κ2) is 7.69. The van der Waals surface area contributed by atoms with Gasteiger partial charge in [0.25, 0.3) is 0 Å². The molecule has 0 N–H and O–H groups in total. The number of benzene rings is 3. The summed E-state index contributed by atoms with van der Waals surface area (Å²) in [6.07, 6.45) is 1.90. The summed E-state index contributed by atoms with van der Waals surface area (Å²) in [6, 6.07) is 24.0. The number of hydrogen-bond acceptors (Lipinski definition) is 2. The van der Waals surface area contributed by atoms with E-state index in [4.69, 9.17) is 9.47 Å². The lowest BCUT2D eigenvalue weighted by Crippen LogP contribution is -1.91. The molecule has 2 heteroatoms. The molecule has 0 heterocycles. The molecule has 0 unspecified atom stereocenters. The fourth-order valence-corrected chi connectivity index (χ4v) is 2.62. The summed E-state index contributed by atoms with van der Waals surface area (Å²) < 4.78 is 12.0. The van der Waals surface area contributed by atoms with E-state index in [0.29, 0.717) is 0 Å². The molecule has 3 rings (SSSR count). The van der Waals surface area contributed by atoms with Gasteiger partial charge in [-0.25, -0.2) is 0 Å². The van der Waals surface area contributed by atoms with Gasteiger partial charge in [-0.15, -0.1) is 0 Å². The van der Waals surface area contributed by atoms with Crippen molar-refractivity contribution in [3.05, 3.63) is 83.9 Å². The van der Waals surface area contributed by atoms with E-state index >= 15 is 0 Å². The third kappa shape index (κ3) is 3.77. The maximum absolute atomic E-state index is 5.99. The molecule has 122 valence electrons. The Morgan fingerprint density at radius 3 is 1.29 bits per heavy atom. The van der Waals surface area contributed by atoms with Gasteiger partial charge in [-0.2, -0.15) is 0 Å². The highest BCUT2D eigenvalue weighted by Gasteiger charge is 2.05. The smallest absolute Gasteiger partial charge is 0.130 e. The third-order valence-corrected chi connectivity index (χ3v) is 3.99. The van der Waals surface area contributed by atoms with Gasteiger partial charge in [0, 0.05) is 0 Å². The van der Waals surface area contributed by atoms with Crippen LogP contribution in [0.1, 0.15) is 25.0 Å². The van der Waals surface area contributed by atoms with Crippen LogP contribution in [0.25, 0.3) is 0 Å². The van der Waals surface area contributed by atoms with Crippen molar-refractivity contribution in [1.82, 2.24) is 0 Å². The van der Waals surface area contributed by atoms with E-state index < -0.39 is 0 Å². The molecule has 0 aliphatic rings. The van der Waals surface area contributed by atoms with Crippen LogP contribution in [0.5, 0.6) is 23.0 Å². The molecule has 0 aliphatic carbocycles. The first-order chi connectivity index (χ1) is 11.8. The second-order valence-electron chi connectivity index (χ2n) is 5.60. The van der Waals surface area contributed by atoms with Crippen LogP contribution in [-0.4, -0.2) is 0 Å². The first-order valence-electron chi connectivity index (χ1n) is 8.41. The summed E-state index contributed by atoms with van der Waals surface area (Å²) in [6.45, 7) is 4.26. The van der Waals surface area contributed by atoms with Crippen LogP contribution in [0.15, 0.2) is 72.8 Å². The van der Waals surface area contributed by atoms with Gasteiger partial charge in [0.2, 0.25) is 0 Å². The van der Waals surface area contributed by atoms with E-state index in [1.807, 2.05) is 60.7 Å². The highest BCUT2D eigenvalue weighted by molar-refractivity contribution is 5.42. The van der Waals surface area contributed by atoms with E-state index in [1.54, 1.807) is 0 Å². The lowest BCUT2D eigenvalue weighted by molar-refractivity contribution is 0.464. The molecule has 0 saturated carbocycles.